The Morgan fingerprint density at radius 2 is 1.89 bits per heavy atom. The first-order valence-electron chi connectivity index (χ1n) is 8.85. The molecule has 1 fully saturated rings. The number of pyridine rings is 1. The molecule has 0 spiro atoms. The van der Waals surface area contributed by atoms with E-state index in [4.69, 9.17) is 16.3 Å². The molecule has 10 heteroatoms. The number of rotatable bonds is 3. The van der Waals surface area contributed by atoms with Gasteiger partial charge in [0.2, 0.25) is 5.28 Å². The summed E-state index contributed by atoms with van der Waals surface area (Å²) in [7, 11) is 0. The highest BCUT2D eigenvalue weighted by Gasteiger charge is 2.26. The van der Waals surface area contributed by atoms with E-state index in [0.717, 1.165) is 12.0 Å². The molecule has 2 aromatic heterocycles. The molecule has 0 radical (unpaired) electrons. The summed E-state index contributed by atoms with van der Waals surface area (Å²) in [4.78, 5) is 27.7. The Hall–Kier alpha value is -2.68. The molecule has 2 aromatic rings. The monoisotopic (exact) mass is 408 g/mol. The molecule has 0 unspecified atom stereocenters. The van der Waals surface area contributed by atoms with Crippen LogP contribution in [0.1, 0.15) is 20.8 Å². The molecule has 1 aliphatic rings. The van der Waals surface area contributed by atoms with Crippen molar-refractivity contribution in [1.29, 1.82) is 0 Å². The lowest BCUT2D eigenvalue weighted by atomic mass is 10.2. The van der Waals surface area contributed by atoms with Gasteiger partial charge in [0.1, 0.15) is 11.4 Å². The second-order valence-electron chi connectivity index (χ2n) is 7.32. The van der Waals surface area contributed by atoms with E-state index in [0.29, 0.717) is 31.9 Å². The number of amides is 1. The summed E-state index contributed by atoms with van der Waals surface area (Å²) >= 11 is 5.69. The lowest BCUT2D eigenvalue weighted by Gasteiger charge is -2.36. The second-order valence-corrected chi connectivity index (χ2v) is 7.66. The average Bonchev–Trinajstić information content (AvgIpc) is 2.64. The van der Waals surface area contributed by atoms with Gasteiger partial charge in [-0.15, -0.1) is 0 Å². The van der Waals surface area contributed by atoms with Gasteiger partial charge in [-0.1, -0.05) is 0 Å². The number of ether oxygens (including phenoxy) is 1. The van der Waals surface area contributed by atoms with Gasteiger partial charge in [-0.2, -0.15) is 4.98 Å². The number of aromatic nitrogens is 3. The summed E-state index contributed by atoms with van der Waals surface area (Å²) in [5, 5.41) is 2.78. The summed E-state index contributed by atoms with van der Waals surface area (Å²) in [6.07, 6.45) is 2.29. The highest BCUT2D eigenvalue weighted by Crippen LogP contribution is 2.21. The summed E-state index contributed by atoms with van der Waals surface area (Å²) in [6.45, 7) is 7.96. The van der Waals surface area contributed by atoms with E-state index in [1.165, 1.54) is 0 Å². The first-order valence-corrected chi connectivity index (χ1v) is 9.23. The first-order chi connectivity index (χ1) is 13.2. The lowest BCUT2D eigenvalue weighted by Crippen LogP contribution is -2.50. The normalized spacial score (nSPS) is 14.8. The SMILES string of the molecule is CC(C)(C)OC(=O)N1CCN(c2ccc(Nc3nc(Cl)ncc3F)cn2)CC1. The molecule has 0 bridgehead atoms. The third-order valence-electron chi connectivity index (χ3n) is 3.98. The van der Waals surface area contributed by atoms with Gasteiger partial charge in [0, 0.05) is 26.2 Å². The largest absolute Gasteiger partial charge is 0.444 e. The zero-order valence-corrected chi connectivity index (χ0v) is 16.7. The Bertz CT molecular complexity index is 835. The Kier molecular flexibility index (Phi) is 5.83. The standard InChI is InChI=1S/C18H22ClFN6O2/c1-18(2,3)28-17(27)26-8-6-25(7-9-26)14-5-4-12(10-21-14)23-15-13(20)11-22-16(19)24-15/h4-5,10-11H,6-9H2,1-3H3,(H,22,23,24). The minimum Gasteiger partial charge on any atom is -0.444 e. The van der Waals surface area contributed by atoms with E-state index in [9.17, 15) is 9.18 Å². The predicted molar refractivity (Wildman–Crippen MR) is 105 cm³/mol. The van der Waals surface area contributed by atoms with Crippen molar-refractivity contribution in [3.63, 3.8) is 0 Å². The molecule has 0 aliphatic carbocycles. The Balaban J connectivity index is 1.57. The van der Waals surface area contributed by atoms with Crippen molar-refractivity contribution in [1.82, 2.24) is 19.9 Å². The molecule has 3 heterocycles. The van der Waals surface area contributed by atoms with Crippen molar-refractivity contribution in [3.8, 4) is 0 Å². The maximum Gasteiger partial charge on any atom is 0.410 e. The van der Waals surface area contributed by atoms with Gasteiger partial charge in [-0.3, -0.25) is 0 Å². The van der Waals surface area contributed by atoms with Crippen LogP contribution in [0, 0.1) is 5.82 Å². The van der Waals surface area contributed by atoms with Crippen LogP contribution in [0.2, 0.25) is 5.28 Å². The lowest BCUT2D eigenvalue weighted by molar-refractivity contribution is 0.0240. The molecule has 1 saturated heterocycles. The topological polar surface area (TPSA) is 83.5 Å². The van der Waals surface area contributed by atoms with Crippen molar-refractivity contribution in [2.45, 2.75) is 26.4 Å². The molecule has 1 amide bonds. The Morgan fingerprint density at radius 1 is 1.18 bits per heavy atom. The molecule has 8 nitrogen and oxygen atoms in total. The second kappa shape index (κ2) is 8.14. The molecule has 3 rings (SSSR count). The van der Waals surface area contributed by atoms with Gasteiger partial charge in [0.15, 0.2) is 11.6 Å². The fourth-order valence-corrected chi connectivity index (χ4v) is 2.79. The molecule has 150 valence electrons. The minimum absolute atomic E-state index is 0.0134. The molecule has 0 aromatic carbocycles. The van der Waals surface area contributed by atoms with E-state index in [1.54, 1.807) is 17.2 Å². The summed E-state index contributed by atoms with van der Waals surface area (Å²) < 4.78 is 19.1. The number of piperazine rings is 1. The van der Waals surface area contributed by atoms with E-state index in [1.807, 2.05) is 26.8 Å². The zero-order chi connectivity index (χ0) is 20.3. The van der Waals surface area contributed by atoms with E-state index in [-0.39, 0.29) is 17.2 Å². The Morgan fingerprint density at radius 3 is 2.50 bits per heavy atom. The predicted octanol–water partition coefficient (Wildman–Crippen LogP) is 3.46. The maximum atomic E-state index is 13.7. The number of nitrogens with one attached hydrogen (secondary N) is 1. The van der Waals surface area contributed by atoms with Gasteiger partial charge < -0.3 is 19.9 Å². The number of hydrogen-bond acceptors (Lipinski definition) is 7. The van der Waals surface area contributed by atoms with E-state index < -0.39 is 11.4 Å². The quantitative estimate of drug-likeness (QED) is 0.778. The number of anilines is 3. The van der Waals surface area contributed by atoms with Crippen molar-refractivity contribution >= 4 is 35.0 Å². The van der Waals surface area contributed by atoms with E-state index >= 15 is 0 Å². The van der Waals surface area contributed by atoms with Crippen LogP contribution >= 0.6 is 11.6 Å². The molecule has 0 atom stereocenters. The fraction of sp³-hybridized carbons (Fsp3) is 0.444. The number of carbonyl (C=O) groups excluding carboxylic acids is 1. The van der Waals surface area contributed by atoms with Gasteiger partial charge >= 0.3 is 6.09 Å². The molecule has 1 aliphatic heterocycles. The van der Waals surface area contributed by atoms with Crippen molar-refractivity contribution in [2.75, 3.05) is 36.4 Å². The number of hydrogen-bond donors (Lipinski definition) is 1. The Labute approximate surface area is 167 Å². The molecular weight excluding hydrogens is 387 g/mol. The van der Waals surface area contributed by atoms with Crippen molar-refractivity contribution in [2.24, 2.45) is 0 Å². The average molecular weight is 409 g/mol. The van der Waals surface area contributed by atoms with Gasteiger partial charge in [0.25, 0.3) is 0 Å². The summed E-state index contributed by atoms with van der Waals surface area (Å²) in [5.41, 5.74) is 0.0659. The number of carbonyl (C=O) groups is 1. The third-order valence-corrected chi connectivity index (χ3v) is 4.16. The van der Waals surface area contributed by atoms with Crippen LogP contribution in [0.3, 0.4) is 0 Å². The first kappa shape index (κ1) is 20.1. The van der Waals surface area contributed by atoms with Crippen LogP contribution in [0.5, 0.6) is 0 Å². The van der Waals surface area contributed by atoms with Crippen molar-refractivity contribution < 1.29 is 13.9 Å². The van der Waals surface area contributed by atoms with Crippen LogP contribution in [0.25, 0.3) is 0 Å². The molecule has 0 saturated carbocycles. The van der Waals surface area contributed by atoms with Crippen LogP contribution in [-0.4, -0.2) is 57.7 Å². The zero-order valence-electron chi connectivity index (χ0n) is 15.9. The maximum absolute atomic E-state index is 13.7. The van der Waals surface area contributed by atoms with Gasteiger partial charge in [-0.25, -0.2) is 19.2 Å². The van der Waals surface area contributed by atoms with Crippen LogP contribution in [-0.2, 0) is 4.74 Å². The third kappa shape index (κ3) is 5.19. The molecule has 28 heavy (non-hydrogen) atoms. The van der Waals surface area contributed by atoms with Crippen LogP contribution in [0.15, 0.2) is 24.5 Å². The smallest absolute Gasteiger partial charge is 0.410 e. The fourth-order valence-electron chi connectivity index (χ4n) is 2.66. The summed E-state index contributed by atoms with van der Waals surface area (Å²) in [5.74, 6) is 0.155. The molecular formula is C18H22ClFN6O2. The van der Waals surface area contributed by atoms with Gasteiger partial charge in [-0.05, 0) is 44.5 Å². The summed E-state index contributed by atoms with van der Waals surface area (Å²) in [6, 6.07) is 3.60. The number of nitrogens with zero attached hydrogens (tertiary/aromatic N) is 5. The van der Waals surface area contributed by atoms with E-state index in [2.05, 4.69) is 25.2 Å². The van der Waals surface area contributed by atoms with Crippen LogP contribution < -0.4 is 10.2 Å². The molecule has 1 N–H and O–H groups in total. The van der Waals surface area contributed by atoms with Crippen molar-refractivity contribution in [3.05, 3.63) is 35.6 Å². The van der Waals surface area contributed by atoms with Crippen LogP contribution in [0.4, 0.5) is 26.5 Å². The highest BCUT2D eigenvalue weighted by molar-refractivity contribution is 6.28. The van der Waals surface area contributed by atoms with Gasteiger partial charge in [0.05, 0.1) is 18.1 Å². The number of halogens is 2. The highest BCUT2D eigenvalue weighted by atomic mass is 35.5. The minimum atomic E-state index is -0.605.